The van der Waals surface area contributed by atoms with Crippen LogP contribution in [-0.2, 0) is 0 Å². The fourth-order valence-electron chi connectivity index (χ4n) is 2.32. The van der Waals surface area contributed by atoms with Crippen LogP contribution in [0.15, 0.2) is 11.2 Å². The molecule has 3 rings (SSSR count). The quantitative estimate of drug-likeness (QED) is 0.685. The van der Waals surface area contributed by atoms with Gasteiger partial charge in [-0.05, 0) is 28.3 Å². The second kappa shape index (κ2) is 5.50. The Balaban J connectivity index is 0.000000637. The molecule has 1 aliphatic heterocycles. The lowest BCUT2D eigenvalue weighted by Gasteiger charge is -1.99. The van der Waals surface area contributed by atoms with Gasteiger partial charge in [0.25, 0.3) is 0 Å². The fourth-order valence-corrected chi connectivity index (χ4v) is 2.74. The number of fused-ring (bicyclic) bond motifs is 3. The molecule has 2 aromatic rings. The lowest BCUT2D eigenvalue weighted by Crippen LogP contribution is -2.29. The molecule has 1 unspecified atom stereocenters. The minimum Gasteiger partial charge on any atom is -0.308 e. The van der Waals surface area contributed by atoms with E-state index in [0.717, 1.165) is 40.1 Å². The average molecular weight is 272 g/mol. The maximum absolute atomic E-state index is 9.03. The number of aryl methyl sites for hydroxylation is 1. The third-order valence-electron chi connectivity index (χ3n) is 3.15. The molecule has 0 amide bonds. The topological polar surface area (TPSA) is 54.0 Å². The summed E-state index contributed by atoms with van der Waals surface area (Å²) in [5, 5.41) is 11.3. The number of aromatic nitrogens is 2. The van der Waals surface area contributed by atoms with Gasteiger partial charge in [-0.1, -0.05) is 19.9 Å². The number of rotatable bonds is 0. The van der Waals surface area contributed by atoms with Crippen LogP contribution in [0.1, 0.15) is 31.5 Å². The zero-order chi connectivity index (χ0) is 14.0. The van der Waals surface area contributed by atoms with Crippen molar-refractivity contribution in [3.8, 4) is 6.07 Å². The molecule has 3 heterocycles. The molecule has 0 bridgehead atoms. The maximum Gasteiger partial charge on any atom is 0.144 e. The highest BCUT2D eigenvalue weighted by molar-refractivity contribution is 7.14. The molecule has 1 aliphatic rings. The van der Waals surface area contributed by atoms with Crippen LogP contribution >= 0.6 is 9.39 Å². The van der Waals surface area contributed by atoms with E-state index in [9.17, 15) is 0 Å². The molecule has 0 saturated heterocycles. The number of hydrogen-bond acceptors (Lipinski definition) is 3. The van der Waals surface area contributed by atoms with Gasteiger partial charge in [0.2, 0.25) is 0 Å². The van der Waals surface area contributed by atoms with E-state index in [-0.39, 0.29) is 0 Å². The van der Waals surface area contributed by atoms with Gasteiger partial charge in [-0.3, -0.25) is 4.99 Å². The van der Waals surface area contributed by atoms with Gasteiger partial charge in [0.1, 0.15) is 17.3 Å². The van der Waals surface area contributed by atoms with Crippen molar-refractivity contribution in [2.45, 2.75) is 27.2 Å². The standard InChI is InChI=1S/C12H11N4P.C2H6/c1-7-9(5-13)15-6-10-11(7)8-3-2-4-14-12(8)16(10)17;1-2/h3,6H,2,4,17H2,1H3;1-2H3. The van der Waals surface area contributed by atoms with E-state index >= 15 is 0 Å². The van der Waals surface area contributed by atoms with E-state index in [2.05, 4.69) is 31.5 Å². The average Bonchev–Trinajstić information content (AvgIpc) is 2.76. The number of nitriles is 1. The predicted octanol–water partition coefficient (Wildman–Crippen LogP) is 1.68. The van der Waals surface area contributed by atoms with Gasteiger partial charge in [0, 0.05) is 17.1 Å². The molecule has 2 aromatic heterocycles. The molecule has 0 saturated carbocycles. The molecule has 0 fully saturated rings. The first-order valence-corrected chi connectivity index (χ1v) is 6.95. The van der Waals surface area contributed by atoms with Crippen LogP contribution in [0.4, 0.5) is 0 Å². The van der Waals surface area contributed by atoms with Gasteiger partial charge in [0.05, 0.1) is 11.7 Å². The van der Waals surface area contributed by atoms with Crippen molar-refractivity contribution in [3.05, 3.63) is 28.2 Å². The van der Waals surface area contributed by atoms with Gasteiger partial charge in [-0.2, -0.15) is 5.26 Å². The Kier molecular flexibility index (Phi) is 3.97. The first-order chi connectivity index (χ1) is 9.24. The molecular weight excluding hydrogens is 255 g/mol. The Labute approximate surface area is 114 Å². The number of nitrogens with zero attached hydrogens (tertiary/aromatic N) is 4. The summed E-state index contributed by atoms with van der Waals surface area (Å²) in [7, 11) is 2.66. The smallest absolute Gasteiger partial charge is 0.144 e. The summed E-state index contributed by atoms with van der Waals surface area (Å²) >= 11 is 0. The summed E-state index contributed by atoms with van der Waals surface area (Å²) in [6, 6.07) is 2.13. The minimum atomic E-state index is 0.495. The Bertz CT molecular complexity index is 781. The molecule has 98 valence electrons. The molecule has 19 heavy (non-hydrogen) atoms. The molecule has 5 heteroatoms. The zero-order valence-electron chi connectivity index (χ0n) is 11.4. The van der Waals surface area contributed by atoms with E-state index in [1.54, 1.807) is 6.20 Å². The second-order valence-electron chi connectivity index (χ2n) is 4.09. The van der Waals surface area contributed by atoms with Crippen LogP contribution in [0, 0.1) is 18.3 Å². The fraction of sp³-hybridized carbons (Fsp3) is 0.357. The van der Waals surface area contributed by atoms with Gasteiger partial charge in [0.15, 0.2) is 0 Å². The van der Waals surface area contributed by atoms with Crippen LogP contribution in [0.3, 0.4) is 0 Å². The lowest BCUT2D eigenvalue weighted by atomic mass is 10.1. The van der Waals surface area contributed by atoms with Gasteiger partial charge >= 0.3 is 0 Å². The predicted molar refractivity (Wildman–Crippen MR) is 80.4 cm³/mol. The summed E-state index contributed by atoms with van der Waals surface area (Å²) in [6.45, 7) is 6.77. The van der Waals surface area contributed by atoms with Crippen molar-refractivity contribution in [3.63, 3.8) is 0 Å². The highest BCUT2D eigenvalue weighted by Gasteiger charge is 2.13. The molecule has 0 radical (unpaired) electrons. The third kappa shape index (κ3) is 2.05. The lowest BCUT2D eigenvalue weighted by molar-refractivity contribution is 0.926. The Morgan fingerprint density at radius 3 is 2.84 bits per heavy atom. The van der Waals surface area contributed by atoms with Crippen molar-refractivity contribution in [2.24, 2.45) is 4.99 Å². The Hall–Kier alpha value is -1.72. The van der Waals surface area contributed by atoms with Crippen LogP contribution in [0.5, 0.6) is 0 Å². The van der Waals surface area contributed by atoms with E-state index in [1.165, 1.54) is 0 Å². The molecular formula is C14H17N4P. The van der Waals surface area contributed by atoms with Crippen molar-refractivity contribution < 1.29 is 0 Å². The first kappa shape index (κ1) is 13.7. The molecule has 1 atom stereocenters. The van der Waals surface area contributed by atoms with Crippen LogP contribution < -0.4 is 10.7 Å². The van der Waals surface area contributed by atoms with Crippen LogP contribution in [0.25, 0.3) is 17.0 Å². The Morgan fingerprint density at radius 2 is 2.16 bits per heavy atom. The Morgan fingerprint density at radius 1 is 1.42 bits per heavy atom. The largest absolute Gasteiger partial charge is 0.308 e. The van der Waals surface area contributed by atoms with E-state index in [1.807, 2.05) is 25.1 Å². The second-order valence-corrected chi connectivity index (χ2v) is 4.60. The van der Waals surface area contributed by atoms with Crippen molar-refractivity contribution >= 4 is 26.4 Å². The summed E-state index contributed by atoms with van der Waals surface area (Å²) in [5.74, 6) is 0. The molecule has 0 spiro atoms. The summed E-state index contributed by atoms with van der Waals surface area (Å²) < 4.78 is 1.97. The summed E-state index contributed by atoms with van der Waals surface area (Å²) in [4.78, 5) is 8.70. The number of hydrogen-bond donors (Lipinski definition) is 0. The van der Waals surface area contributed by atoms with Crippen LogP contribution in [-0.4, -0.2) is 15.9 Å². The normalized spacial score (nSPS) is 12.6. The monoisotopic (exact) mass is 272 g/mol. The van der Waals surface area contributed by atoms with Gasteiger partial charge < -0.3 is 4.34 Å². The number of pyridine rings is 1. The van der Waals surface area contributed by atoms with Crippen LogP contribution in [0.2, 0.25) is 0 Å². The zero-order valence-corrected chi connectivity index (χ0v) is 12.6. The minimum absolute atomic E-state index is 0.495. The third-order valence-corrected chi connectivity index (χ3v) is 3.67. The van der Waals surface area contributed by atoms with Crippen molar-refractivity contribution in [2.75, 3.05) is 6.54 Å². The van der Waals surface area contributed by atoms with E-state index in [4.69, 9.17) is 5.26 Å². The molecule has 0 aromatic carbocycles. The van der Waals surface area contributed by atoms with E-state index < -0.39 is 0 Å². The maximum atomic E-state index is 9.03. The molecule has 0 aliphatic carbocycles. The summed E-state index contributed by atoms with van der Waals surface area (Å²) in [6.07, 6.45) is 4.90. The van der Waals surface area contributed by atoms with E-state index in [0.29, 0.717) is 5.69 Å². The molecule has 0 N–H and O–H groups in total. The van der Waals surface area contributed by atoms with Gasteiger partial charge in [-0.15, -0.1) is 0 Å². The van der Waals surface area contributed by atoms with Gasteiger partial charge in [-0.25, -0.2) is 4.98 Å². The SMILES string of the molecule is CC.Cc1c(C#N)ncc2c1c1c(n2P)=NCCC=1. The van der Waals surface area contributed by atoms with Crippen molar-refractivity contribution in [1.29, 1.82) is 5.26 Å². The highest BCUT2D eigenvalue weighted by atomic mass is 31.0. The molecule has 4 nitrogen and oxygen atoms in total. The summed E-state index contributed by atoms with van der Waals surface area (Å²) in [5.41, 5.74) is 3.42. The first-order valence-electron chi connectivity index (χ1n) is 6.44. The highest BCUT2D eigenvalue weighted by Crippen LogP contribution is 2.17. The van der Waals surface area contributed by atoms with Crippen molar-refractivity contribution in [1.82, 2.24) is 9.32 Å².